The molecule has 1 aliphatic rings. The molecule has 1 heterocycles. The maximum Gasteiger partial charge on any atom is 0.207 e. The molecule has 0 saturated carbocycles. The molecule has 70 valence electrons. The zero-order chi connectivity index (χ0) is 8.10. The Morgan fingerprint density at radius 3 is 1.83 bits per heavy atom. The van der Waals surface area contributed by atoms with E-state index in [1.54, 1.807) is 0 Å². The maximum absolute atomic E-state index is 10.1. The summed E-state index contributed by atoms with van der Waals surface area (Å²) in [4.78, 5) is 20.1. The summed E-state index contributed by atoms with van der Waals surface area (Å²) in [7, 11) is 0. The van der Waals surface area contributed by atoms with Gasteiger partial charge in [0.2, 0.25) is 12.8 Å². The van der Waals surface area contributed by atoms with Crippen molar-refractivity contribution in [2.45, 2.75) is 12.1 Å². The molecule has 1 rings (SSSR count). The van der Waals surface area contributed by atoms with E-state index in [-0.39, 0.29) is 24.5 Å². The van der Waals surface area contributed by atoms with Gasteiger partial charge in [-0.05, 0) is 0 Å². The molecule has 1 saturated heterocycles. The second-order valence-corrected chi connectivity index (χ2v) is 2.44. The molecule has 2 unspecified atom stereocenters. The van der Waals surface area contributed by atoms with Gasteiger partial charge in [0, 0.05) is 13.1 Å². The van der Waals surface area contributed by atoms with Gasteiger partial charge in [-0.2, -0.15) is 0 Å². The van der Waals surface area contributed by atoms with E-state index in [1.165, 1.54) is 0 Å². The van der Waals surface area contributed by atoms with Crippen molar-refractivity contribution in [3.63, 3.8) is 0 Å². The van der Waals surface area contributed by atoms with Crippen molar-refractivity contribution in [2.75, 3.05) is 13.1 Å². The molecule has 1 fully saturated rings. The molecule has 2 amide bonds. The summed E-state index contributed by atoms with van der Waals surface area (Å²) in [6.07, 6.45) is 1.30. The Labute approximate surface area is 76.7 Å². The Balaban J connectivity index is 0.00000121. The minimum absolute atomic E-state index is 0. The van der Waals surface area contributed by atoms with Crippen molar-refractivity contribution in [3.05, 3.63) is 0 Å². The third-order valence-electron chi connectivity index (χ3n) is 1.78. The molecule has 0 aromatic carbocycles. The number of halogens is 1. The van der Waals surface area contributed by atoms with Gasteiger partial charge in [0.15, 0.2) is 0 Å². The molecule has 0 bridgehead atoms. The summed E-state index contributed by atoms with van der Waals surface area (Å²) in [5.74, 6) is 0. The lowest BCUT2D eigenvalue weighted by atomic mass is 10.2. The van der Waals surface area contributed by atoms with Crippen LogP contribution < -0.4 is 16.0 Å². The van der Waals surface area contributed by atoms with Crippen molar-refractivity contribution < 1.29 is 9.59 Å². The highest BCUT2D eigenvalue weighted by molar-refractivity contribution is 5.85. The van der Waals surface area contributed by atoms with Gasteiger partial charge < -0.3 is 16.0 Å². The first-order valence-corrected chi connectivity index (χ1v) is 3.48. The van der Waals surface area contributed by atoms with Crippen LogP contribution in [0.2, 0.25) is 0 Å². The van der Waals surface area contributed by atoms with Crippen LogP contribution in [0.3, 0.4) is 0 Å². The van der Waals surface area contributed by atoms with Gasteiger partial charge >= 0.3 is 0 Å². The van der Waals surface area contributed by atoms with Gasteiger partial charge in [-0.15, -0.1) is 12.4 Å². The van der Waals surface area contributed by atoms with Crippen molar-refractivity contribution >= 4 is 25.2 Å². The van der Waals surface area contributed by atoms with Crippen LogP contribution in [0.5, 0.6) is 0 Å². The zero-order valence-corrected chi connectivity index (χ0v) is 7.26. The fourth-order valence-electron chi connectivity index (χ4n) is 1.20. The normalized spacial score (nSPS) is 27.0. The van der Waals surface area contributed by atoms with Crippen LogP contribution in [0, 0.1) is 0 Å². The van der Waals surface area contributed by atoms with Crippen LogP contribution in [0.15, 0.2) is 0 Å². The molecule has 6 heteroatoms. The van der Waals surface area contributed by atoms with Crippen LogP contribution in [-0.2, 0) is 9.59 Å². The lowest BCUT2D eigenvalue weighted by Crippen LogP contribution is -2.46. The Hall–Kier alpha value is -0.810. The van der Waals surface area contributed by atoms with Gasteiger partial charge in [0.1, 0.15) is 0 Å². The van der Waals surface area contributed by atoms with E-state index in [2.05, 4.69) is 16.0 Å². The van der Waals surface area contributed by atoms with Gasteiger partial charge in [-0.25, -0.2) is 0 Å². The topological polar surface area (TPSA) is 70.2 Å². The molecule has 0 radical (unpaired) electrons. The smallest absolute Gasteiger partial charge is 0.207 e. The lowest BCUT2D eigenvalue weighted by Gasteiger charge is -2.15. The maximum atomic E-state index is 10.1. The average Bonchev–Trinajstić information content (AvgIpc) is 2.39. The standard InChI is InChI=1S/C6H11N3O2.ClH/c10-3-8-5-1-7-2-6(5)9-4-11;/h3-7H,1-2H2,(H,8,10)(H,9,11);1H. The predicted molar refractivity (Wildman–Crippen MR) is 46.1 cm³/mol. The number of carbonyl (C=O) groups is 2. The third kappa shape index (κ3) is 2.67. The first kappa shape index (κ1) is 11.2. The van der Waals surface area contributed by atoms with Crippen molar-refractivity contribution in [1.82, 2.24) is 16.0 Å². The number of rotatable bonds is 4. The predicted octanol–water partition coefficient (Wildman–Crippen LogP) is -1.76. The first-order valence-electron chi connectivity index (χ1n) is 3.48. The Morgan fingerprint density at radius 2 is 1.50 bits per heavy atom. The summed E-state index contributed by atoms with van der Waals surface area (Å²) in [5.41, 5.74) is 0. The molecule has 3 N–H and O–H groups in total. The molecule has 0 aromatic heterocycles. The minimum atomic E-state index is 0. The summed E-state index contributed by atoms with van der Waals surface area (Å²) < 4.78 is 0. The van der Waals surface area contributed by atoms with Crippen molar-refractivity contribution in [2.24, 2.45) is 0 Å². The number of hydrogen-bond acceptors (Lipinski definition) is 3. The summed E-state index contributed by atoms with van der Waals surface area (Å²) in [5, 5.41) is 8.28. The van der Waals surface area contributed by atoms with Crippen molar-refractivity contribution in [1.29, 1.82) is 0 Å². The first-order chi connectivity index (χ1) is 5.38. The summed E-state index contributed by atoms with van der Waals surface area (Å²) in [6.45, 7) is 1.43. The van der Waals surface area contributed by atoms with Gasteiger partial charge in [0.05, 0.1) is 12.1 Å². The number of hydrogen-bond donors (Lipinski definition) is 3. The zero-order valence-electron chi connectivity index (χ0n) is 6.45. The summed E-state index contributed by atoms with van der Waals surface area (Å²) >= 11 is 0. The molecule has 0 aromatic rings. The molecule has 2 atom stereocenters. The third-order valence-corrected chi connectivity index (χ3v) is 1.78. The van der Waals surface area contributed by atoms with Crippen LogP contribution in [0.4, 0.5) is 0 Å². The van der Waals surface area contributed by atoms with Crippen LogP contribution in [-0.4, -0.2) is 38.0 Å². The number of nitrogens with one attached hydrogen (secondary N) is 3. The minimum Gasteiger partial charge on any atom is -0.353 e. The Kier molecular flexibility index (Phi) is 5.40. The number of amides is 2. The van der Waals surface area contributed by atoms with E-state index in [9.17, 15) is 9.59 Å². The van der Waals surface area contributed by atoms with Crippen LogP contribution >= 0.6 is 12.4 Å². The second-order valence-electron chi connectivity index (χ2n) is 2.44. The van der Waals surface area contributed by atoms with E-state index in [0.717, 1.165) is 0 Å². The van der Waals surface area contributed by atoms with E-state index in [0.29, 0.717) is 25.9 Å². The molecular weight excluding hydrogens is 182 g/mol. The molecule has 1 aliphatic heterocycles. The largest absolute Gasteiger partial charge is 0.353 e. The fraction of sp³-hybridized carbons (Fsp3) is 0.667. The van der Waals surface area contributed by atoms with Crippen LogP contribution in [0.1, 0.15) is 0 Å². The van der Waals surface area contributed by atoms with E-state index in [1.807, 2.05) is 0 Å². The Bertz CT molecular complexity index is 140. The molecule has 5 nitrogen and oxygen atoms in total. The molecule has 0 spiro atoms. The quantitative estimate of drug-likeness (QED) is 0.464. The van der Waals surface area contributed by atoms with E-state index < -0.39 is 0 Å². The van der Waals surface area contributed by atoms with Crippen molar-refractivity contribution in [3.8, 4) is 0 Å². The van der Waals surface area contributed by atoms with Crippen LogP contribution in [0.25, 0.3) is 0 Å². The highest BCUT2D eigenvalue weighted by atomic mass is 35.5. The van der Waals surface area contributed by atoms with E-state index in [4.69, 9.17) is 0 Å². The highest BCUT2D eigenvalue weighted by Gasteiger charge is 2.25. The number of carbonyl (C=O) groups excluding carboxylic acids is 2. The average molecular weight is 194 g/mol. The van der Waals surface area contributed by atoms with Gasteiger partial charge in [0.25, 0.3) is 0 Å². The molecule has 12 heavy (non-hydrogen) atoms. The summed E-state index contributed by atoms with van der Waals surface area (Å²) in [6, 6.07) is 0.0513. The van der Waals surface area contributed by atoms with E-state index >= 15 is 0 Å². The SMILES string of the molecule is Cl.O=CNC1CNCC1NC=O. The van der Waals surface area contributed by atoms with Gasteiger partial charge in [-0.1, -0.05) is 0 Å². The highest BCUT2D eigenvalue weighted by Crippen LogP contribution is 1.97. The molecular formula is C6H12ClN3O2. The van der Waals surface area contributed by atoms with Gasteiger partial charge in [-0.3, -0.25) is 9.59 Å². The lowest BCUT2D eigenvalue weighted by molar-refractivity contribution is -0.112. The second kappa shape index (κ2) is 5.79. The fourth-order valence-corrected chi connectivity index (χ4v) is 1.20. The monoisotopic (exact) mass is 193 g/mol. The Morgan fingerprint density at radius 1 is 1.08 bits per heavy atom. The molecule has 0 aliphatic carbocycles.